The summed E-state index contributed by atoms with van der Waals surface area (Å²) < 4.78 is 11.1. The second kappa shape index (κ2) is 5.25. The Morgan fingerprint density at radius 2 is 1.90 bits per heavy atom. The molecule has 1 N–H and O–H groups in total. The number of rotatable bonds is 3. The molecule has 1 unspecified atom stereocenters. The number of methoxy groups -OCH3 is 1. The number of nitrogens with one attached hydrogen (secondary N) is 1. The minimum Gasteiger partial charge on any atom is -0.496 e. The number of benzene rings is 2. The molecule has 1 aliphatic heterocycles. The van der Waals surface area contributed by atoms with Crippen LogP contribution in [0.2, 0.25) is 0 Å². The second-order valence-electron chi connectivity index (χ2n) is 4.61. The fourth-order valence-electron chi connectivity index (χ4n) is 2.30. The van der Waals surface area contributed by atoms with Crippen molar-refractivity contribution in [2.24, 2.45) is 0 Å². The number of hydrogen-bond donors (Lipinski definition) is 1. The van der Waals surface area contributed by atoms with Gasteiger partial charge in [0, 0.05) is 6.42 Å². The molecule has 1 amide bonds. The minimum absolute atomic E-state index is 0.130. The zero-order valence-electron chi connectivity index (χ0n) is 11.1. The molecule has 4 nitrogen and oxygen atoms in total. The van der Waals surface area contributed by atoms with E-state index in [9.17, 15) is 4.79 Å². The molecular weight excluding hydrogens is 254 g/mol. The summed E-state index contributed by atoms with van der Waals surface area (Å²) in [5, 5.41) is 2.86. The first-order valence-corrected chi connectivity index (χ1v) is 6.46. The molecule has 0 saturated carbocycles. The van der Waals surface area contributed by atoms with Crippen molar-refractivity contribution in [2.75, 3.05) is 12.4 Å². The van der Waals surface area contributed by atoms with Gasteiger partial charge in [-0.1, -0.05) is 30.3 Å². The molecule has 2 aromatic rings. The first kappa shape index (κ1) is 12.5. The average molecular weight is 269 g/mol. The van der Waals surface area contributed by atoms with Crippen LogP contribution in [0.1, 0.15) is 5.56 Å². The molecule has 1 atom stereocenters. The molecule has 0 saturated heterocycles. The molecular formula is C16H15NO3. The molecule has 0 bridgehead atoms. The van der Waals surface area contributed by atoms with Gasteiger partial charge in [0.05, 0.1) is 12.8 Å². The molecule has 2 aromatic carbocycles. The summed E-state index contributed by atoms with van der Waals surface area (Å²) >= 11 is 0. The third kappa shape index (κ3) is 2.32. The number of anilines is 1. The van der Waals surface area contributed by atoms with E-state index in [1.165, 1.54) is 0 Å². The lowest BCUT2D eigenvalue weighted by Gasteiger charge is -2.26. The maximum Gasteiger partial charge on any atom is 0.265 e. The quantitative estimate of drug-likeness (QED) is 0.931. The Morgan fingerprint density at radius 1 is 1.15 bits per heavy atom. The van der Waals surface area contributed by atoms with E-state index < -0.39 is 6.10 Å². The number of carbonyl (C=O) groups excluding carboxylic acids is 1. The second-order valence-corrected chi connectivity index (χ2v) is 4.61. The van der Waals surface area contributed by atoms with Gasteiger partial charge in [-0.05, 0) is 23.8 Å². The Hall–Kier alpha value is -2.49. The van der Waals surface area contributed by atoms with Gasteiger partial charge < -0.3 is 14.8 Å². The lowest BCUT2D eigenvalue weighted by molar-refractivity contribution is -0.123. The van der Waals surface area contributed by atoms with Gasteiger partial charge >= 0.3 is 0 Å². The van der Waals surface area contributed by atoms with E-state index in [4.69, 9.17) is 9.47 Å². The van der Waals surface area contributed by atoms with Crippen molar-refractivity contribution in [1.82, 2.24) is 0 Å². The van der Waals surface area contributed by atoms with E-state index in [1.807, 2.05) is 48.5 Å². The van der Waals surface area contributed by atoms with Crippen LogP contribution >= 0.6 is 0 Å². The summed E-state index contributed by atoms with van der Waals surface area (Å²) in [4.78, 5) is 12.1. The number of hydrogen-bond acceptors (Lipinski definition) is 3. The highest BCUT2D eigenvalue weighted by molar-refractivity contribution is 5.97. The summed E-state index contributed by atoms with van der Waals surface area (Å²) in [7, 11) is 1.62. The van der Waals surface area contributed by atoms with Gasteiger partial charge in [-0.25, -0.2) is 0 Å². The Bertz CT molecular complexity index is 639. The van der Waals surface area contributed by atoms with Crippen LogP contribution in [0, 0.1) is 0 Å². The Balaban J connectivity index is 1.84. The highest BCUT2D eigenvalue weighted by Gasteiger charge is 2.28. The van der Waals surface area contributed by atoms with Gasteiger partial charge in [0.1, 0.15) is 11.5 Å². The lowest BCUT2D eigenvalue weighted by atomic mass is 10.0. The number of amides is 1. The standard InChI is InChI=1S/C16H15NO3/c1-19-13-8-4-2-6-11(13)10-15-16(18)17-12-7-3-5-9-14(12)20-15/h2-9,15H,10H2,1H3,(H,17,18). The zero-order valence-corrected chi connectivity index (χ0v) is 11.1. The molecule has 1 aliphatic rings. The van der Waals surface area contributed by atoms with Crippen molar-refractivity contribution >= 4 is 11.6 Å². The number of ether oxygens (including phenoxy) is 2. The highest BCUT2D eigenvalue weighted by atomic mass is 16.5. The van der Waals surface area contributed by atoms with Gasteiger partial charge in [0.2, 0.25) is 0 Å². The van der Waals surface area contributed by atoms with Crippen LogP contribution in [-0.4, -0.2) is 19.1 Å². The normalized spacial score (nSPS) is 16.9. The molecule has 0 aromatic heterocycles. The molecule has 1 heterocycles. The van der Waals surface area contributed by atoms with Crippen molar-refractivity contribution in [3.8, 4) is 11.5 Å². The van der Waals surface area contributed by atoms with Crippen LogP contribution in [0.4, 0.5) is 5.69 Å². The highest BCUT2D eigenvalue weighted by Crippen LogP contribution is 2.30. The van der Waals surface area contributed by atoms with Crippen molar-refractivity contribution in [2.45, 2.75) is 12.5 Å². The average Bonchev–Trinajstić information content (AvgIpc) is 2.48. The van der Waals surface area contributed by atoms with Crippen LogP contribution < -0.4 is 14.8 Å². The van der Waals surface area contributed by atoms with E-state index in [2.05, 4.69) is 5.32 Å². The smallest absolute Gasteiger partial charge is 0.265 e. The molecule has 0 aliphatic carbocycles. The zero-order chi connectivity index (χ0) is 13.9. The summed E-state index contributed by atoms with van der Waals surface area (Å²) in [6, 6.07) is 15.1. The first-order valence-electron chi connectivity index (χ1n) is 6.46. The Labute approximate surface area is 117 Å². The van der Waals surface area contributed by atoms with Crippen molar-refractivity contribution in [1.29, 1.82) is 0 Å². The van der Waals surface area contributed by atoms with Crippen LogP contribution in [-0.2, 0) is 11.2 Å². The van der Waals surface area contributed by atoms with E-state index in [1.54, 1.807) is 7.11 Å². The minimum atomic E-state index is -0.541. The predicted molar refractivity (Wildman–Crippen MR) is 76.2 cm³/mol. The fraction of sp³-hybridized carbons (Fsp3) is 0.188. The predicted octanol–water partition coefficient (Wildman–Crippen LogP) is 2.64. The van der Waals surface area contributed by atoms with Gasteiger partial charge in [-0.3, -0.25) is 4.79 Å². The van der Waals surface area contributed by atoms with Crippen molar-refractivity contribution < 1.29 is 14.3 Å². The summed E-state index contributed by atoms with van der Waals surface area (Å²) in [6.07, 6.45) is -0.0642. The van der Waals surface area contributed by atoms with Gasteiger partial charge in [-0.15, -0.1) is 0 Å². The van der Waals surface area contributed by atoms with Crippen molar-refractivity contribution in [3.05, 3.63) is 54.1 Å². The molecule has 0 fully saturated rings. The van der Waals surface area contributed by atoms with Crippen LogP contribution in [0.25, 0.3) is 0 Å². The molecule has 0 spiro atoms. The monoisotopic (exact) mass is 269 g/mol. The fourth-order valence-corrected chi connectivity index (χ4v) is 2.30. The molecule has 3 rings (SSSR count). The summed E-state index contributed by atoms with van der Waals surface area (Å²) in [5.74, 6) is 1.34. The number of para-hydroxylation sites is 3. The summed E-state index contributed by atoms with van der Waals surface area (Å²) in [5.41, 5.74) is 1.67. The SMILES string of the molecule is COc1ccccc1CC1Oc2ccccc2NC1=O. The molecule has 20 heavy (non-hydrogen) atoms. The number of fused-ring (bicyclic) bond motifs is 1. The van der Waals surface area contributed by atoms with E-state index in [0.717, 1.165) is 11.3 Å². The number of carbonyl (C=O) groups is 1. The maximum atomic E-state index is 12.1. The van der Waals surface area contributed by atoms with E-state index in [-0.39, 0.29) is 5.91 Å². The Morgan fingerprint density at radius 3 is 2.75 bits per heavy atom. The third-order valence-electron chi connectivity index (χ3n) is 3.30. The maximum absolute atomic E-state index is 12.1. The first-order chi connectivity index (χ1) is 9.78. The third-order valence-corrected chi connectivity index (χ3v) is 3.30. The van der Waals surface area contributed by atoms with Gasteiger partial charge in [0.25, 0.3) is 5.91 Å². The van der Waals surface area contributed by atoms with E-state index in [0.29, 0.717) is 17.9 Å². The van der Waals surface area contributed by atoms with E-state index >= 15 is 0 Å². The lowest BCUT2D eigenvalue weighted by Crippen LogP contribution is -2.38. The van der Waals surface area contributed by atoms with Gasteiger partial charge in [0.15, 0.2) is 6.10 Å². The molecule has 102 valence electrons. The van der Waals surface area contributed by atoms with Crippen molar-refractivity contribution in [3.63, 3.8) is 0 Å². The Kier molecular flexibility index (Phi) is 3.29. The van der Waals surface area contributed by atoms with Crippen LogP contribution in [0.5, 0.6) is 11.5 Å². The topological polar surface area (TPSA) is 47.6 Å². The summed E-state index contributed by atoms with van der Waals surface area (Å²) in [6.45, 7) is 0. The molecule has 4 heteroatoms. The van der Waals surface area contributed by atoms with Crippen LogP contribution in [0.3, 0.4) is 0 Å². The largest absolute Gasteiger partial charge is 0.496 e. The van der Waals surface area contributed by atoms with Crippen LogP contribution in [0.15, 0.2) is 48.5 Å². The molecule has 0 radical (unpaired) electrons. The van der Waals surface area contributed by atoms with Gasteiger partial charge in [-0.2, -0.15) is 0 Å².